The molecule has 18 heavy (non-hydrogen) atoms. The molecule has 1 unspecified atom stereocenters. The predicted octanol–water partition coefficient (Wildman–Crippen LogP) is 0.677. The van der Waals surface area contributed by atoms with Gasteiger partial charge in [0.2, 0.25) is 0 Å². The SMILES string of the molecule is CC1(C)O[C@H]2[C@@H](O1)C(N)C[C@@H]2C(C)(C)S(C)(=O)=O. The number of fused-ring (bicyclic) bond motifs is 1. The molecule has 1 heterocycles. The maximum atomic E-state index is 12.0. The van der Waals surface area contributed by atoms with Crippen molar-refractivity contribution < 1.29 is 17.9 Å². The standard InChI is InChI=1S/C12H23NO4S/c1-11(2,18(5,14)15)7-6-8(13)10-9(7)16-12(3,4)17-10/h7-10H,6,13H2,1-5H3/t7-,8?,9+,10-/m0/s1. The Morgan fingerprint density at radius 1 is 1.22 bits per heavy atom. The molecule has 1 saturated heterocycles. The Labute approximate surface area is 109 Å². The van der Waals surface area contributed by atoms with Crippen LogP contribution in [0.5, 0.6) is 0 Å². The van der Waals surface area contributed by atoms with Crippen molar-refractivity contribution in [2.24, 2.45) is 11.7 Å². The third-order valence-corrected chi connectivity index (χ3v) is 6.57. The first-order valence-corrected chi connectivity index (χ1v) is 8.16. The molecule has 0 bridgehead atoms. The maximum absolute atomic E-state index is 12.0. The van der Waals surface area contributed by atoms with Crippen molar-refractivity contribution >= 4 is 9.84 Å². The van der Waals surface area contributed by atoms with Crippen molar-refractivity contribution in [1.82, 2.24) is 0 Å². The minimum absolute atomic E-state index is 0.130. The van der Waals surface area contributed by atoms with Crippen LogP contribution in [0.4, 0.5) is 0 Å². The molecule has 2 rings (SSSR count). The summed E-state index contributed by atoms with van der Waals surface area (Å²) < 4.78 is 34.7. The molecule has 4 atom stereocenters. The Morgan fingerprint density at radius 2 is 1.72 bits per heavy atom. The number of sulfone groups is 1. The van der Waals surface area contributed by atoms with E-state index < -0.39 is 20.4 Å². The summed E-state index contributed by atoms with van der Waals surface area (Å²) in [5, 5.41) is 0. The molecule has 0 aromatic heterocycles. The summed E-state index contributed by atoms with van der Waals surface area (Å²) in [6.45, 7) is 7.17. The van der Waals surface area contributed by atoms with E-state index in [2.05, 4.69) is 0 Å². The van der Waals surface area contributed by atoms with Crippen LogP contribution in [0, 0.1) is 5.92 Å². The zero-order valence-corrected chi connectivity index (χ0v) is 12.5. The minimum Gasteiger partial charge on any atom is -0.344 e. The van der Waals surface area contributed by atoms with Gasteiger partial charge in [-0.2, -0.15) is 0 Å². The molecule has 1 aliphatic heterocycles. The van der Waals surface area contributed by atoms with Crippen LogP contribution < -0.4 is 5.73 Å². The fourth-order valence-electron chi connectivity index (χ4n) is 2.98. The molecular weight excluding hydrogens is 254 g/mol. The molecule has 0 aromatic carbocycles. The quantitative estimate of drug-likeness (QED) is 0.803. The van der Waals surface area contributed by atoms with Crippen LogP contribution in [0.3, 0.4) is 0 Å². The second-order valence-corrected chi connectivity index (χ2v) is 9.04. The Bertz CT molecular complexity index is 443. The van der Waals surface area contributed by atoms with Crippen molar-refractivity contribution in [2.75, 3.05) is 6.26 Å². The molecular formula is C12H23NO4S. The Morgan fingerprint density at radius 3 is 2.22 bits per heavy atom. The molecule has 6 heteroatoms. The summed E-state index contributed by atoms with van der Waals surface area (Å²) in [5.41, 5.74) is 6.07. The molecule has 2 N–H and O–H groups in total. The third-order valence-electron chi connectivity index (χ3n) is 4.36. The summed E-state index contributed by atoms with van der Waals surface area (Å²) in [6.07, 6.45) is 1.45. The average Bonchev–Trinajstić information content (AvgIpc) is 2.60. The summed E-state index contributed by atoms with van der Waals surface area (Å²) >= 11 is 0. The van der Waals surface area contributed by atoms with Gasteiger partial charge in [-0.1, -0.05) is 0 Å². The normalized spacial score (nSPS) is 39.9. The van der Waals surface area contributed by atoms with E-state index in [0.29, 0.717) is 6.42 Å². The Kier molecular flexibility index (Phi) is 3.10. The van der Waals surface area contributed by atoms with Crippen molar-refractivity contribution in [3.63, 3.8) is 0 Å². The first-order chi connectivity index (χ1) is 7.96. The molecule has 5 nitrogen and oxygen atoms in total. The zero-order chi connectivity index (χ0) is 13.9. The van der Waals surface area contributed by atoms with E-state index >= 15 is 0 Å². The zero-order valence-electron chi connectivity index (χ0n) is 11.6. The first-order valence-electron chi connectivity index (χ1n) is 6.26. The summed E-state index contributed by atoms with van der Waals surface area (Å²) in [7, 11) is -3.18. The smallest absolute Gasteiger partial charge is 0.163 e. The Hall–Kier alpha value is -0.170. The fourth-order valence-corrected chi connectivity index (χ4v) is 3.76. The number of nitrogens with two attached hydrogens (primary N) is 1. The van der Waals surface area contributed by atoms with Gasteiger partial charge < -0.3 is 15.2 Å². The van der Waals surface area contributed by atoms with E-state index in [-0.39, 0.29) is 24.2 Å². The monoisotopic (exact) mass is 277 g/mol. The highest BCUT2D eigenvalue weighted by atomic mass is 32.2. The van der Waals surface area contributed by atoms with E-state index in [4.69, 9.17) is 15.2 Å². The van der Waals surface area contributed by atoms with Crippen LogP contribution in [0.25, 0.3) is 0 Å². The second kappa shape index (κ2) is 3.91. The van der Waals surface area contributed by atoms with Gasteiger partial charge in [-0.3, -0.25) is 0 Å². The fraction of sp³-hybridized carbons (Fsp3) is 1.00. The minimum atomic E-state index is -3.18. The molecule has 0 radical (unpaired) electrons. The maximum Gasteiger partial charge on any atom is 0.163 e. The Balaban J connectivity index is 2.32. The largest absolute Gasteiger partial charge is 0.344 e. The van der Waals surface area contributed by atoms with Gasteiger partial charge in [0.25, 0.3) is 0 Å². The van der Waals surface area contributed by atoms with Crippen LogP contribution in [-0.2, 0) is 19.3 Å². The highest BCUT2D eigenvalue weighted by Gasteiger charge is 2.58. The molecule has 1 aliphatic carbocycles. The summed E-state index contributed by atoms with van der Waals surface area (Å²) in [4.78, 5) is 0. The van der Waals surface area contributed by atoms with Crippen molar-refractivity contribution in [2.45, 2.75) is 62.9 Å². The predicted molar refractivity (Wildman–Crippen MR) is 68.8 cm³/mol. The summed E-state index contributed by atoms with van der Waals surface area (Å²) in [5.74, 6) is -0.812. The van der Waals surface area contributed by atoms with Crippen molar-refractivity contribution in [3.05, 3.63) is 0 Å². The third kappa shape index (κ3) is 2.09. The van der Waals surface area contributed by atoms with Crippen LogP contribution in [-0.4, -0.2) is 43.5 Å². The van der Waals surface area contributed by atoms with Gasteiger partial charge in [-0.05, 0) is 34.1 Å². The lowest BCUT2D eigenvalue weighted by molar-refractivity contribution is -0.158. The average molecular weight is 277 g/mol. The van der Waals surface area contributed by atoms with E-state index in [9.17, 15) is 8.42 Å². The van der Waals surface area contributed by atoms with Crippen molar-refractivity contribution in [3.8, 4) is 0 Å². The highest BCUT2D eigenvalue weighted by molar-refractivity contribution is 7.92. The van der Waals surface area contributed by atoms with E-state index in [0.717, 1.165) is 0 Å². The lowest BCUT2D eigenvalue weighted by Crippen LogP contribution is -2.44. The lowest BCUT2D eigenvalue weighted by Gasteiger charge is -2.33. The molecule has 106 valence electrons. The molecule has 2 fully saturated rings. The van der Waals surface area contributed by atoms with Crippen LogP contribution >= 0.6 is 0 Å². The summed E-state index contributed by atoms with van der Waals surface area (Å²) in [6, 6.07) is -0.164. The molecule has 0 amide bonds. The van der Waals surface area contributed by atoms with Crippen molar-refractivity contribution in [1.29, 1.82) is 0 Å². The number of hydrogen-bond donors (Lipinski definition) is 1. The highest BCUT2D eigenvalue weighted by Crippen LogP contribution is 2.46. The van der Waals surface area contributed by atoms with Gasteiger partial charge in [0.15, 0.2) is 15.6 Å². The van der Waals surface area contributed by atoms with Gasteiger partial charge in [0, 0.05) is 18.2 Å². The first kappa shape index (κ1) is 14.2. The van der Waals surface area contributed by atoms with E-state index in [1.54, 1.807) is 13.8 Å². The molecule has 2 aliphatic rings. The van der Waals surface area contributed by atoms with Crippen LogP contribution in [0.2, 0.25) is 0 Å². The van der Waals surface area contributed by atoms with Gasteiger partial charge in [-0.15, -0.1) is 0 Å². The topological polar surface area (TPSA) is 78.6 Å². The van der Waals surface area contributed by atoms with E-state index in [1.165, 1.54) is 6.26 Å². The molecule has 0 spiro atoms. The number of rotatable bonds is 2. The van der Waals surface area contributed by atoms with E-state index in [1.807, 2.05) is 13.8 Å². The van der Waals surface area contributed by atoms with Gasteiger partial charge in [0.05, 0.1) is 10.9 Å². The molecule has 0 aromatic rings. The van der Waals surface area contributed by atoms with Gasteiger partial charge >= 0.3 is 0 Å². The second-order valence-electron chi connectivity index (χ2n) is 6.45. The number of ether oxygens (including phenoxy) is 2. The lowest BCUT2D eigenvalue weighted by atomic mass is 9.91. The number of hydrogen-bond acceptors (Lipinski definition) is 5. The van der Waals surface area contributed by atoms with Crippen LogP contribution in [0.1, 0.15) is 34.1 Å². The molecule has 1 saturated carbocycles. The van der Waals surface area contributed by atoms with Gasteiger partial charge in [-0.25, -0.2) is 8.42 Å². The van der Waals surface area contributed by atoms with Gasteiger partial charge in [0.1, 0.15) is 6.10 Å². The van der Waals surface area contributed by atoms with Crippen LogP contribution in [0.15, 0.2) is 0 Å².